The Labute approximate surface area is 193 Å². The van der Waals surface area contributed by atoms with Gasteiger partial charge in [0.05, 0.1) is 17.0 Å². The first kappa shape index (κ1) is 24.2. The summed E-state index contributed by atoms with van der Waals surface area (Å²) in [5, 5.41) is 14.8. The lowest BCUT2D eigenvalue weighted by molar-refractivity contribution is 0.0683. The molecule has 0 fully saturated rings. The van der Waals surface area contributed by atoms with E-state index in [2.05, 4.69) is 5.32 Å². The molecular weight excluding hydrogens is 443 g/mol. The maximum Gasteiger partial charge on any atom is 0.255 e. The minimum Gasteiger partial charge on any atom is -0.397 e. The highest BCUT2D eigenvalue weighted by Crippen LogP contribution is 2.32. The third-order valence-electron chi connectivity index (χ3n) is 5.26. The van der Waals surface area contributed by atoms with Crippen molar-refractivity contribution in [2.45, 2.75) is 44.4 Å². The van der Waals surface area contributed by atoms with Crippen molar-refractivity contribution in [3.63, 3.8) is 0 Å². The van der Waals surface area contributed by atoms with Gasteiger partial charge in [0.25, 0.3) is 5.91 Å². The van der Waals surface area contributed by atoms with Crippen LogP contribution < -0.4 is 11.1 Å². The Kier molecular flexibility index (Phi) is 7.91. The summed E-state index contributed by atoms with van der Waals surface area (Å²) >= 11 is 1.61. The van der Waals surface area contributed by atoms with Gasteiger partial charge in [0.15, 0.2) is 8.03 Å². The summed E-state index contributed by atoms with van der Waals surface area (Å²) in [6.45, 7) is 3.38. The zero-order valence-electron chi connectivity index (χ0n) is 18.2. The minimum absolute atomic E-state index is 0.277. The molecule has 0 saturated carbocycles. The number of hydrogen-bond donors (Lipinski definition) is 4. The number of carbonyl (C=O) groups excluding carboxylic acids is 1. The Balaban J connectivity index is 1.67. The first-order valence-corrected chi connectivity index (χ1v) is 12.7. The summed E-state index contributed by atoms with van der Waals surface area (Å²) in [6.07, 6.45) is 1.32. The van der Waals surface area contributed by atoms with E-state index in [0.29, 0.717) is 36.2 Å². The monoisotopic (exact) mass is 472 g/mol. The van der Waals surface area contributed by atoms with Crippen molar-refractivity contribution in [2.75, 3.05) is 11.1 Å². The van der Waals surface area contributed by atoms with Gasteiger partial charge in [-0.25, -0.2) is 0 Å². The number of rotatable bonds is 9. The van der Waals surface area contributed by atoms with E-state index in [1.54, 1.807) is 55.5 Å². The highest BCUT2D eigenvalue weighted by molar-refractivity contribution is 7.38. The Morgan fingerprint density at radius 3 is 2.50 bits per heavy atom. The van der Waals surface area contributed by atoms with Crippen LogP contribution in [0, 0.1) is 0 Å². The Morgan fingerprint density at radius 2 is 1.91 bits per heavy atom. The molecule has 5 N–H and O–H groups in total. The van der Waals surface area contributed by atoms with Gasteiger partial charge in [-0.05, 0) is 79.9 Å². The van der Waals surface area contributed by atoms with Gasteiger partial charge in [-0.2, -0.15) is 0 Å². The molecule has 0 aliphatic heterocycles. The van der Waals surface area contributed by atoms with E-state index < -0.39 is 19.3 Å². The Hall–Kier alpha value is -2.44. The van der Waals surface area contributed by atoms with E-state index in [-0.39, 0.29) is 5.91 Å². The maximum atomic E-state index is 12.7. The van der Waals surface area contributed by atoms with Gasteiger partial charge in [0, 0.05) is 16.1 Å². The summed E-state index contributed by atoms with van der Waals surface area (Å²) < 4.78 is 11.8. The molecule has 2 atom stereocenters. The number of benzene rings is 2. The number of nitrogens with two attached hydrogens (primary N) is 1. The van der Waals surface area contributed by atoms with Crippen LogP contribution >= 0.6 is 19.4 Å². The smallest absolute Gasteiger partial charge is 0.255 e. The molecule has 8 heteroatoms. The fraction of sp³-hybridized carbons (Fsp3) is 0.292. The zero-order valence-corrected chi connectivity index (χ0v) is 20.0. The van der Waals surface area contributed by atoms with Crippen LogP contribution in [0.5, 0.6) is 0 Å². The van der Waals surface area contributed by atoms with Gasteiger partial charge >= 0.3 is 0 Å². The maximum absolute atomic E-state index is 12.7. The lowest BCUT2D eigenvalue weighted by atomic mass is 9.98. The van der Waals surface area contributed by atoms with E-state index in [4.69, 9.17) is 5.73 Å². The molecule has 3 rings (SSSR count). The van der Waals surface area contributed by atoms with Crippen molar-refractivity contribution in [1.29, 1.82) is 0 Å². The topological polar surface area (TPSA) is 113 Å². The first-order chi connectivity index (χ1) is 15.1. The number of nitrogens with one attached hydrogen (secondary N) is 1. The van der Waals surface area contributed by atoms with Gasteiger partial charge in [0.1, 0.15) is 0 Å². The number of thiophene rings is 1. The molecule has 0 spiro atoms. The molecule has 1 aromatic heterocycles. The van der Waals surface area contributed by atoms with Crippen molar-refractivity contribution in [3.8, 4) is 10.4 Å². The number of nitrogen functional groups attached to an aromatic ring is 1. The van der Waals surface area contributed by atoms with Crippen molar-refractivity contribution >= 4 is 36.6 Å². The van der Waals surface area contributed by atoms with Crippen LogP contribution in [-0.4, -0.2) is 27.2 Å². The number of carbonyl (C=O) groups is 1. The van der Waals surface area contributed by atoms with E-state index in [0.717, 1.165) is 16.0 Å². The second kappa shape index (κ2) is 10.5. The summed E-state index contributed by atoms with van der Waals surface area (Å²) in [7, 11) is -2.74. The lowest BCUT2D eigenvalue weighted by Gasteiger charge is -2.20. The molecule has 170 valence electrons. The average Bonchev–Trinajstić information content (AvgIpc) is 3.27. The van der Waals surface area contributed by atoms with Crippen molar-refractivity contribution in [1.82, 2.24) is 0 Å². The largest absolute Gasteiger partial charge is 0.397 e. The van der Waals surface area contributed by atoms with E-state index in [1.165, 1.54) is 0 Å². The molecule has 3 aromatic rings. The summed E-state index contributed by atoms with van der Waals surface area (Å²) in [4.78, 5) is 23.5. The molecule has 1 amide bonds. The summed E-state index contributed by atoms with van der Waals surface area (Å²) in [5.41, 5.74) is 8.13. The van der Waals surface area contributed by atoms with E-state index in [9.17, 15) is 19.4 Å². The van der Waals surface area contributed by atoms with Crippen molar-refractivity contribution in [2.24, 2.45) is 0 Å². The SMILES string of the molecule is CC(C)(O)CCC(Cc1ccc(C(=O)Nc2cc(-c3cccs3)ccc2N)cc1)[PH](=O)O. The van der Waals surface area contributed by atoms with Gasteiger partial charge in [0.2, 0.25) is 0 Å². The van der Waals surface area contributed by atoms with Crippen molar-refractivity contribution in [3.05, 3.63) is 71.1 Å². The highest BCUT2D eigenvalue weighted by atomic mass is 32.1. The molecule has 2 unspecified atom stereocenters. The van der Waals surface area contributed by atoms with Crippen LogP contribution in [0.3, 0.4) is 0 Å². The molecule has 1 heterocycles. The van der Waals surface area contributed by atoms with E-state index >= 15 is 0 Å². The fourth-order valence-corrected chi connectivity index (χ4v) is 4.90. The van der Waals surface area contributed by atoms with Crippen LogP contribution in [0.2, 0.25) is 0 Å². The number of aliphatic hydroxyl groups is 1. The third kappa shape index (κ3) is 6.78. The Morgan fingerprint density at radius 1 is 1.19 bits per heavy atom. The molecule has 0 radical (unpaired) electrons. The molecule has 0 saturated heterocycles. The minimum atomic E-state index is -2.74. The van der Waals surface area contributed by atoms with Crippen LogP contribution in [0.4, 0.5) is 11.4 Å². The first-order valence-electron chi connectivity index (χ1n) is 10.4. The molecule has 32 heavy (non-hydrogen) atoms. The molecule has 0 aliphatic carbocycles. The third-order valence-corrected chi connectivity index (χ3v) is 7.37. The fourth-order valence-electron chi connectivity index (χ4n) is 3.37. The molecule has 6 nitrogen and oxygen atoms in total. The standard InChI is InChI=1S/C24H29N2O4PS/c1-24(2,28)12-11-19(31(29)30)14-16-5-7-17(8-6-16)23(27)26-21-15-18(9-10-20(21)25)22-4-3-13-32-22/h3-10,13,15,19,28,31H,11-12,14,25H2,1-2H3,(H,26,27)(H,29,30). The molecule has 0 aliphatic rings. The van der Waals surface area contributed by atoms with Crippen LogP contribution in [0.1, 0.15) is 42.6 Å². The average molecular weight is 473 g/mol. The lowest BCUT2D eigenvalue weighted by Crippen LogP contribution is -2.21. The molecular formula is C24H29N2O4PS. The number of anilines is 2. The predicted molar refractivity (Wildman–Crippen MR) is 133 cm³/mol. The van der Waals surface area contributed by atoms with Gasteiger partial charge in [-0.1, -0.05) is 24.3 Å². The number of hydrogen-bond acceptors (Lipinski definition) is 5. The van der Waals surface area contributed by atoms with Gasteiger partial charge in [-0.15, -0.1) is 11.3 Å². The second-order valence-electron chi connectivity index (χ2n) is 8.52. The van der Waals surface area contributed by atoms with Crippen LogP contribution in [-0.2, 0) is 11.0 Å². The highest BCUT2D eigenvalue weighted by Gasteiger charge is 2.21. The quantitative estimate of drug-likeness (QED) is 0.253. The number of amides is 1. The normalized spacial score (nSPS) is 13.5. The molecule has 0 bridgehead atoms. The van der Waals surface area contributed by atoms with Gasteiger partial charge < -0.3 is 21.1 Å². The second-order valence-corrected chi connectivity index (χ2v) is 11.0. The summed E-state index contributed by atoms with van der Waals surface area (Å²) in [5.74, 6) is -0.277. The zero-order chi connectivity index (χ0) is 23.3. The molecule has 2 aromatic carbocycles. The Bertz CT molecular complexity index is 1080. The predicted octanol–water partition coefficient (Wildman–Crippen LogP) is 5.18. The summed E-state index contributed by atoms with van der Waals surface area (Å²) in [6, 6.07) is 16.5. The van der Waals surface area contributed by atoms with Crippen molar-refractivity contribution < 1.29 is 19.4 Å². The van der Waals surface area contributed by atoms with Crippen LogP contribution in [0.15, 0.2) is 60.0 Å². The van der Waals surface area contributed by atoms with Crippen LogP contribution in [0.25, 0.3) is 10.4 Å². The van der Waals surface area contributed by atoms with Gasteiger partial charge in [-0.3, -0.25) is 9.36 Å². The van der Waals surface area contributed by atoms with E-state index in [1.807, 2.05) is 29.6 Å².